The zero-order valence-electron chi connectivity index (χ0n) is 7.30. The maximum atomic E-state index is 13.0. The summed E-state index contributed by atoms with van der Waals surface area (Å²) < 4.78 is 13.0. The highest BCUT2D eigenvalue weighted by molar-refractivity contribution is 5.60. The number of nitrogens with zero attached hydrogens (tertiary/aromatic N) is 1. The van der Waals surface area contributed by atoms with E-state index in [4.69, 9.17) is 0 Å². The second-order valence-electron chi connectivity index (χ2n) is 2.57. The van der Waals surface area contributed by atoms with Crippen molar-refractivity contribution in [1.82, 2.24) is 0 Å². The van der Waals surface area contributed by atoms with Gasteiger partial charge in [-0.05, 0) is 13.0 Å². The van der Waals surface area contributed by atoms with Gasteiger partial charge in [0.15, 0.2) is 0 Å². The third-order valence-electron chi connectivity index (χ3n) is 1.83. The van der Waals surface area contributed by atoms with Crippen molar-refractivity contribution in [2.75, 3.05) is 12.4 Å². The van der Waals surface area contributed by atoms with Gasteiger partial charge in [-0.15, -0.1) is 0 Å². The highest BCUT2D eigenvalue weighted by Gasteiger charge is 2.15. The molecule has 0 fully saturated rings. The number of anilines is 1. The molecule has 0 aromatic heterocycles. The predicted octanol–water partition coefficient (Wildman–Crippen LogP) is 2.08. The third-order valence-corrected chi connectivity index (χ3v) is 1.83. The minimum atomic E-state index is -0.532. The van der Waals surface area contributed by atoms with E-state index in [1.165, 1.54) is 14.0 Å². The van der Waals surface area contributed by atoms with Crippen LogP contribution in [0.3, 0.4) is 0 Å². The Morgan fingerprint density at radius 3 is 2.62 bits per heavy atom. The quantitative estimate of drug-likeness (QED) is 0.565. The first-order chi connectivity index (χ1) is 6.07. The standard InChI is InChI=1S/C8H9FN2O2/c1-5-7(11(12)13)4-3-6(9)8(5)10-2/h3-4,10H,1-2H3. The van der Waals surface area contributed by atoms with Crippen LogP contribution < -0.4 is 5.32 Å². The van der Waals surface area contributed by atoms with Gasteiger partial charge in [0, 0.05) is 13.1 Å². The Morgan fingerprint density at radius 2 is 2.15 bits per heavy atom. The molecule has 0 aliphatic carbocycles. The Labute approximate surface area is 74.5 Å². The van der Waals surface area contributed by atoms with Crippen LogP contribution in [0.5, 0.6) is 0 Å². The van der Waals surface area contributed by atoms with Crippen molar-refractivity contribution in [2.45, 2.75) is 6.92 Å². The Bertz CT molecular complexity index is 352. The first kappa shape index (κ1) is 9.44. The highest BCUT2D eigenvalue weighted by Crippen LogP contribution is 2.27. The molecule has 0 saturated carbocycles. The lowest BCUT2D eigenvalue weighted by atomic mass is 10.1. The number of benzene rings is 1. The molecule has 70 valence electrons. The summed E-state index contributed by atoms with van der Waals surface area (Å²) in [6.45, 7) is 1.51. The number of hydrogen-bond donors (Lipinski definition) is 1. The fraction of sp³-hybridized carbons (Fsp3) is 0.250. The molecule has 0 spiro atoms. The molecule has 0 aliphatic rings. The van der Waals surface area contributed by atoms with Gasteiger partial charge in [-0.25, -0.2) is 4.39 Å². The van der Waals surface area contributed by atoms with E-state index in [0.717, 1.165) is 12.1 Å². The predicted molar refractivity (Wildman–Crippen MR) is 47.3 cm³/mol. The van der Waals surface area contributed by atoms with Crippen LogP contribution in [0.4, 0.5) is 15.8 Å². The van der Waals surface area contributed by atoms with Gasteiger partial charge in [0.1, 0.15) is 5.82 Å². The van der Waals surface area contributed by atoms with Crippen molar-refractivity contribution in [3.8, 4) is 0 Å². The van der Waals surface area contributed by atoms with Crippen molar-refractivity contribution in [1.29, 1.82) is 0 Å². The largest absolute Gasteiger partial charge is 0.385 e. The number of nitrogens with one attached hydrogen (secondary N) is 1. The Morgan fingerprint density at radius 1 is 1.54 bits per heavy atom. The lowest BCUT2D eigenvalue weighted by molar-refractivity contribution is -0.385. The molecular weight excluding hydrogens is 175 g/mol. The van der Waals surface area contributed by atoms with Gasteiger partial charge in [0.2, 0.25) is 0 Å². The molecule has 0 saturated heterocycles. The number of hydrogen-bond acceptors (Lipinski definition) is 3. The van der Waals surface area contributed by atoms with E-state index in [0.29, 0.717) is 5.56 Å². The fourth-order valence-corrected chi connectivity index (χ4v) is 1.17. The summed E-state index contributed by atoms with van der Waals surface area (Å²) in [4.78, 5) is 9.92. The molecule has 1 rings (SSSR count). The van der Waals surface area contributed by atoms with Crippen molar-refractivity contribution >= 4 is 11.4 Å². The lowest BCUT2D eigenvalue weighted by Crippen LogP contribution is -1.99. The third kappa shape index (κ3) is 1.58. The average molecular weight is 184 g/mol. The summed E-state index contributed by atoms with van der Waals surface area (Å²) in [5, 5.41) is 13.0. The molecule has 1 aromatic rings. The van der Waals surface area contributed by atoms with E-state index in [-0.39, 0.29) is 11.4 Å². The second-order valence-corrected chi connectivity index (χ2v) is 2.57. The molecule has 1 N–H and O–H groups in total. The summed E-state index contributed by atoms with van der Waals surface area (Å²) in [5.74, 6) is -0.481. The van der Waals surface area contributed by atoms with Crippen LogP contribution in [0.15, 0.2) is 12.1 Å². The molecule has 0 heterocycles. The van der Waals surface area contributed by atoms with Gasteiger partial charge in [0.25, 0.3) is 5.69 Å². The molecule has 0 amide bonds. The average Bonchev–Trinajstić information content (AvgIpc) is 2.04. The Kier molecular flexibility index (Phi) is 2.46. The molecular formula is C8H9FN2O2. The zero-order chi connectivity index (χ0) is 10.0. The second kappa shape index (κ2) is 3.38. The summed E-state index contributed by atoms with van der Waals surface area (Å²) >= 11 is 0. The van der Waals surface area contributed by atoms with Gasteiger partial charge in [0.05, 0.1) is 16.2 Å². The molecule has 13 heavy (non-hydrogen) atoms. The van der Waals surface area contributed by atoms with E-state index in [1.807, 2.05) is 0 Å². The maximum absolute atomic E-state index is 13.0. The van der Waals surface area contributed by atoms with Crippen LogP contribution >= 0.6 is 0 Å². The number of halogens is 1. The molecule has 0 bridgehead atoms. The van der Waals surface area contributed by atoms with E-state index in [2.05, 4.69) is 5.32 Å². The van der Waals surface area contributed by atoms with E-state index < -0.39 is 10.7 Å². The van der Waals surface area contributed by atoms with Crippen LogP contribution in [-0.2, 0) is 0 Å². The number of rotatable bonds is 2. The Balaban J connectivity index is 3.35. The summed E-state index contributed by atoms with van der Waals surface area (Å²) in [6, 6.07) is 2.24. The van der Waals surface area contributed by atoms with Crippen molar-refractivity contribution in [3.63, 3.8) is 0 Å². The van der Waals surface area contributed by atoms with E-state index >= 15 is 0 Å². The topological polar surface area (TPSA) is 55.2 Å². The molecule has 5 heteroatoms. The van der Waals surface area contributed by atoms with Crippen LogP contribution in [0.25, 0.3) is 0 Å². The van der Waals surface area contributed by atoms with Crippen LogP contribution in [-0.4, -0.2) is 12.0 Å². The summed E-state index contributed by atoms with van der Waals surface area (Å²) in [7, 11) is 1.52. The van der Waals surface area contributed by atoms with Crippen LogP contribution in [0.1, 0.15) is 5.56 Å². The first-order valence-corrected chi connectivity index (χ1v) is 3.69. The fourth-order valence-electron chi connectivity index (χ4n) is 1.17. The summed E-state index contributed by atoms with van der Waals surface area (Å²) in [5.41, 5.74) is 0.410. The molecule has 0 radical (unpaired) electrons. The maximum Gasteiger partial charge on any atom is 0.274 e. The van der Waals surface area contributed by atoms with Crippen molar-refractivity contribution in [2.24, 2.45) is 0 Å². The smallest absolute Gasteiger partial charge is 0.274 e. The molecule has 0 atom stereocenters. The van der Waals surface area contributed by atoms with E-state index in [1.54, 1.807) is 0 Å². The number of nitro benzene ring substituents is 1. The lowest BCUT2D eigenvalue weighted by Gasteiger charge is -2.05. The Hall–Kier alpha value is -1.65. The normalized spacial score (nSPS) is 9.77. The van der Waals surface area contributed by atoms with Crippen LogP contribution in [0.2, 0.25) is 0 Å². The van der Waals surface area contributed by atoms with Crippen molar-refractivity contribution < 1.29 is 9.31 Å². The summed E-state index contributed by atoms with van der Waals surface area (Å²) in [6.07, 6.45) is 0. The van der Waals surface area contributed by atoms with Gasteiger partial charge in [-0.3, -0.25) is 10.1 Å². The first-order valence-electron chi connectivity index (χ1n) is 3.69. The van der Waals surface area contributed by atoms with Gasteiger partial charge in [-0.2, -0.15) is 0 Å². The minimum absolute atomic E-state index is 0.0780. The van der Waals surface area contributed by atoms with Gasteiger partial charge < -0.3 is 5.32 Å². The molecule has 1 aromatic carbocycles. The number of nitro groups is 1. The molecule has 0 unspecified atom stereocenters. The van der Waals surface area contributed by atoms with E-state index in [9.17, 15) is 14.5 Å². The zero-order valence-corrected chi connectivity index (χ0v) is 7.30. The SMILES string of the molecule is CNc1c(F)ccc([N+](=O)[O-])c1C. The van der Waals surface area contributed by atoms with Crippen LogP contribution in [0, 0.1) is 22.9 Å². The molecule has 0 aliphatic heterocycles. The van der Waals surface area contributed by atoms with Gasteiger partial charge in [-0.1, -0.05) is 0 Å². The minimum Gasteiger partial charge on any atom is -0.385 e. The molecule has 4 nitrogen and oxygen atoms in total. The highest BCUT2D eigenvalue weighted by atomic mass is 19.1. The van der Waals surface area contributed by atoms with Gasteiger partial charge >= 0.3 is 0 Å². The monoisotopic (exact) mass is 184 g/mol. The van der Waals surface area contributed by atoms with Crippen molar-refractivity contribution in [3.05, 3.63) is 33.6 Å².